The van der Waals surface area contributed by atoms with Crippen molar-refractivity contribution in [3.63, 3.8) is 0 Å². The molecule has 0 heterocycles. The number of aryl methyl sites for hydroxylation is 3. The number of benzene rings is 2. The fourth-order valence-electron chi connectivity index (χ4n) is 2.80. The van der Waals surface area contributed by atoms with Gasteiger partial charge in [-0.2, -0.15) is 5.26 Å². The number of nitriles is 1. The Morgan fingerprint density at radius 1 is 1.00 bits per heavy atom. The van der Waals surface area contributed by atoms with Crippen LogP contribution in [0.2, 0.25) is 0 Å². The standard InChI is InChI=1S/C19H21NO/c1-13-10-15(3)18(11-14(13)2)19(21,16(4)12-20)17-8-6-5-7-9-17/h5-11,16,21H,1-4H3. The molecule has 0 saturated carbocycles. The largest absolute Gasteiger partial charge is 0.379 e. The van der Waals surface area contributed by atoms with Gasteiger partial charge in [0.2, 0.25) is 0 Å². The highest BCUT2D eigenvalue weighted by Gasteiger charge is 2.39. The van der Waals surface area contributed by atoms with Gasteiger partial charge in [-0.1, -0.05) is 42.5 Å². The maximum Gasteiger partial charge on any atom is 0.130 e. The second-order valence-corrected chi connectivity index (χ2v) is 5.73. The molecule has 2 aromatic rings. The summed E-state index contributed by atoms with van der Waals surface area (Å²) in [7, 11) is 0. The molecule has 0 bridgehead atoms. The van der Waals surface area contributed by atoms with Crippen molar-refractivity contribution in [1.82, 2.24) is 0 Å². The van der Waals surface area contributed by atoms with Gasteiger partial charge < -0.3 is 5.11 Å². The lowest BCUT2D eigenvalue weighted by atomic mass is 9.75. The Labute approximate surface area is 126 Å². The van der Waals surface area contributed by atoms with Gasteiger partial charge in [-0.3, -0.25) is 0 Å². The van der Waals surface area contributed by atoms with E-state index in [4.69, 9.17) is 0 Å². The quantitative estimate of drug-likeness (QED) is 0.922. The van der Waals surface area contributed by atoms with Crippen LogP contribution in [0.3, 0.4) is 0 Å². The van der Waals surface area contributed by atoms with Gasteiger partial charge in [0.15, 0.2) is 0 Å². The van der Waals surface area contributed by atoms with Crippen LogP contribution in [0.5, 0.6) is 0 Å². The normalized spacial score (nSPS) is 15.0. The van der Waals surface area contributed by atoms with E-state index in [1.165, 1.54) is 5.56 Å². The first kappa shape index (κ1) is 15.3. The van der Waals surface area contributed by atoms with E-state index < -0.39 is 11.5 Å². The van der Waals surface area contributed by atoms with Gasteiger partial charge in [-0.05, 0) is 55.5 Å². The summed E-state index contributed by atoms with van der Waals surface area (Å²) in [6, 6.07) is 15.7. The highest BCUT2D eigenvalue weighted by Crippen LogP contribution is 2.39. The van der Waals surface area contributed by atoms with Crippen LogP contribution in [0.25, 0.3) is 0 Å². The third-order valence-electron chi connectivity index (χ3n) is 4.29. The number of rotatable bonds is 3. The van der Waals surface area contributed by atoms with Crippen LogP contribution < -0.4 is 0 Å². The van der Waals surface area contributed by atoms with E-state index in [2.05, 4.69) is 19.1 Å². The van der Waals surface area contributed by atoms with Gasteiger partial charge >= 0.3 is 0 Å². The predicted octanol–water partition coefficient (Wildman–Crippen LogP) is 4.01. The fraction of sp³-hybridized carbons (Fsp3) is 0.316. The van der Waals surface area contributed by atoms with Crippen molar-refractivity contribution < 1.29 is 5.11 Å². The molecule has 0 saturated heterocycles. The van der Waals surface area contributed by atoms with Crippen LogP contribution in [-0.2, 0) is 5.60 Å². The average molecular weight is 279 g/mol. The summed E-state index contributed by atoms with van der Waals surface area (Å²) in [4.78, 5) is 0. The van der Waals surface area contributed by atoms with Crippen molar-refractivity contribution in [2.45, 2.75) is 33.3 Å². The maximum absolute atomic E-state index is 11.4. The molecule has 0 aliphatic rings. The molecule has 0 aliphatic carbocycles. The van der Waals surface area contributed by atoms with E-state index in [0.29, 0.717) is 0 Å². The predicted molar refractivity (Wildman–Crippen MR) is 84.9 cm³/mol. The molecule has 2 aromatic carbocycles. The number of nitrogens with zero attached hydrogens (tertiary/aromatic N) is 1. The van der Waals surface area contributed by atoms with Crippen molar-refractivity contribution in [2.75, 3.05) is 0 Å². The van der Waals surface area contributed by atoms with Crippen molar-refractivity contribution in [3.8, 4) is 6.07 Å². The van der Waals surface area contributed by atoms with Gasteiger partial charge in [0.25, 0.3) is 0 Å². The van der Waals surface area contributed by atoms with E-state index in [1.54, 1.807) is 6.92 Å². The zero-order valence-electron chi connectivity index (χ0n) is 13.0. The highest BCUT2D eigenvalue weighted by molar-refractivity contribution is 5.46. The molecule has 0 amide bonds. The third kappa shape index (κ3) is 2.57. The van der Waals surface area contributed by atoms with Crippen LogP contribution in [-0.4, -0.2) is 5.11 Å². The van der Waals surface area contributed by atoms with E-state index in [9.17, 15) is 10.4 Å². The minimum Gasteiger partial charge on any atom is -0.379 e. The summed E-state index contributed by atoms with van der Waals surface area (Å²) in [6.07, 6.45) is 0. The van der Waals surface area contributed by atoms with E-state index in [1.807, 2.05) is 50.2 Å². The first-order valence-corrected chi connectivity index (χ1v) is 7.17. The molecule has 2 unspecified atom stereocenters. The van der Waals surface area contributed by atoms with Crippen LogP contribution in [0.1, 0.15) is 34.7 Å². The number of hydrogen-bond donors (Lipinski definition) is 1. The van der Waals surface area contributed by atoms with Gasteiger partial charge in [0.1, 0.15) is 5.60 Å². The molecule has 0 aromatic heterocycles. The van der Waals surface area contributed by atoms with Crippen molar-refractivity contribution >= 4 is 0 Å². The summed E-state index contributed by atoms with van der Waals surface area (Å²) in [5.41, 5.74) is 3.59. The molecular formula is C19H21NO. The second kappa shape index (κ2) is 5.71. The van der Waals surface area contributed by atoms with Gasteiger partial charge in [0, 0.05) is 0 Å². The van der Waals surface area contributed by atoms with Gasteiger partial charge in [-0.25, -0.2) is 0 Å². The molecule has 0 aliphatic heterocycles. The Balaban J connectivity index is 2.74. The molecule has 2 heteroatoms. The summed E-state index contributed by atoms with van der Waals surface area (Å²) in [6.45, 7) is 7.84. The summed E-state index contributed by atoms with van der Waals surface area (Å²) in [5, 5.41) is 20.8. The molecule has 2 rings (SSSR count). The molecule has 0 spiro atoms. The second-order valence-electron chi connectivity index (χ2n) is 5.73. The Morgan fingerprint density at radius 2 is 1.57 bits per heavy atom. The van der Waals surface area contributed by atoms with Gasteiger partial charge in [0.05, 0.1) is 12.0 Å². The number of hydrogen-bond acceptors (Lipinski definition) is 2. The van der Waals surface area contributed by atoms with E-state index >= 15 is 0 Å². The molecule has 0 radical (unpaired) electrons. The lowest BCUT2D eigenvalue weighted by Crippen LogP contribution is -2.35. The number of aliphatic hydroxyl groups is 1. The molecular weight excluding hydrogens is 258 g/mol. The Kier molecular flexibility index (Phi) is 4.16. The topological polar surface area (TPSA) is 44.0 Å². The SMILES string of the molecule is Cc1cc(C)c(C(O)(c2ccccc2)C(C)C#N)cc1C. The van der Waals surface area contributed by atoms with E-state index in [0.717, 1.165) is 22.3 Å². The summed E-state index contributed by atoms with van der Waals surface area (Å²) < 4.78 is 0. The lowest BCUT2D eigenvalue weighted by molar-refractivity contribution is 0.0456. The minimum atomic E-state index is -1.29. The molecule has 1 N–H and O–H groups in total. The van der Waals surface area contributed by atoms with E-state index in [-0.39, 0.29) is 0 Å². The minimum absolute atomic E-state index is 0.541. The molecule has 108 valence electrons. The molecule has 2 atom stereocenters. The summed E-state index contributed by atoms with van der Waals surface area (Å²) in [5.74, 6) is -0.541. The first-order valence-electron chi connectivity index (χ1n) is 7.17. The zero-order valence-corrected chi connectivity index (χ0v) is 13.0. The average Bonchev–Trinajstić information content (AvgIpc) is 2.50. The van der Waals surface area contributed by atoms with Crippen LogP contribution >= 0.6 is 0 Å². The summed E-state index contributed by atoms with van der Waals surface area (Å²) >= 11 is 0. The first-order chi connectivity index (χ1) is 9.91. The Morgan fingerprint density at radius 3 is 2.14 bits per heavy atom. The molecule has 2 nitrogen and oxygen atoms in total. The fourth-order valence-corrected chi connectivity index (χ4v) is 2.80. The Bertz CT molecular complexity index is 685. The van der Waals surface area contributed by atoms with Gasteiger partial charge in [-0.15, -0.1) is 0 Å². The molecule has 21 heavy (non-hydrogen) atoms. The lowest BCUT2D eigenvalue weighted by Gasteiger charge is -2.33. The Hall–Kier alpha value is -2.11. The smallest absolute Gasteiger partial charge is 0.130 e. The molecule has 0 fully saturated rings. The van der Waals surface area contributed by atoms with Crippen LogP contribution in [0.4, 0.5) is 0 Å². The van der Waals surface area contributed by atoms with Crippen molar-refractivity contribution in [2.24, 2.45) is 5.92 Å². The zero-order chi connectivity index (χ0) is 15.6. The highest BCUT2D eigenvalue weighted by atomic mass is 16.3. The third-order valence-corrected chi connectivity index (χ3v) is 4.29. The maximum atomic E-state index is 11.4. The van der Waals surface area contributed by atoms with Crippen LogP contribution in [0, 0.1) is 38.0 Å². The van der Waals surface area contributed by atoms with Crippen molar-refractivity contribution in [1.29, 1.82) is 5.26 Å². The van der Waals surface area contributed by atoms with Crippen LogP contribution in [0.15, 0.2) is 42.5 Å². The van der Waals surface area contributed by atoms with Crippen molar-refractivity contribution in [3.05, 3.63) is 70.3 Å². The monoisotopic (exact) mass is 279 g/mol.